The average Bonchev–Trinajstić information content (AvgIpc) is 2.81. The second-order valence-electron chi connectivity index (χ2n) is 7.52. The Kier molecular flexibility index (Phi) is 8.99. The highest BCUT2D eigenvalue weighted by Gasteiger charge is 2.12. The summed E-state index contributed by atoms with van der Waals surface area (Å²) in [5.74, 6) is 2.61. The molecule has 0 atom stereocenters. The summed E-state index contributed by atoms with van der Waals surface area (Å²) in [4.78, 5) is 8.91. The van der Waals surface area contributed by atoms with E-state index in [0.717, 1.165) is 62.4 Å². The zero-order chi connectivity index (χ0) is 21.9. The highest BCUT2D eigenvalue weighted by atomic mass is 16.5. The lowest BCUT2D eigenvalue weighted by Crippen LogP contribution is -2.39. The summed E-state index contributed by atoms with van der Waals surface area (Å²) in [7, 11) is 5.51. The standard InChI is InChI=1S/C24H34N4O3/c1-25-24(27(2)19-20-8-10-22(29-3)11-9-20)26-18-21-6-4-5-7-23(21)31-17-14-28-12-15-30-16-13-28/h4-11H,12-19H2,1-3H3,(H,25,26). The van der Waals surface area contributed by atoms with Crippen LogP contribution in [0.1, 0.15) is 11.1 Å². The zero-order valence-corrected chi connectivity index (χ0v) is 18.8. The van der Waals surface area contributed by atoms with Gasteiger partial charge in [-0.05, 0) is 23.8 Å². The fourth-order valence-electron chi connectivity index (χ4n) is 3.54. The van der Waals surface area contributed by atoms with Gasteiger partial charge in [-0.25, -0.2) is 0 Å². The molecule has 1 saturated heterocycles. The Morgan fingerprint density at radius 3 is 2.58 bits per heavy atom. The van der Waals surface area contributed by atoms with Crippen LogP contribution >= 0.6 is 0 Å². The van der Waals surface area contributed by atoms with E-state index in [2.05, 4.69) is 38.3 Å². The van der Waals surface area contributed by atoms with Crippen molar-refractivity contribution in [2.75, 3.05) is 60.7 Å². The monoisotopic (exact) mass is 426 g/mol. The number of ether oxygens (including phenoxy) is 3. The summed E-state index contributed by atoms with van der Waals surface area (Å²) in [5.41, 5.74) is 2.31. The third-order valence-electron chi connectivity index (χ3n) is 5.33. The number of guanidine groups is 1. The Balaban J connectivity index is 1.51. The van der Waals surface area contributed by atoms with Crippen LogP contribution in [0.3, 0.4) is 0 Å². The number of benzene rings is 2. The van der Waals surface area contributed by atoms with Gasteiger partial charge in [0.15, 0.2) is 5.96 Å². The Labute approximate surface area is 185 Å². The lowest BCUT2D eigenvalue weighted by atomic mass is 10.2. The van der Waals surface area contributed by atoms with Crippen molar-refractivity contribution >= 4 is 5.96 Å². The molecule has 1 heterocycles. The van der Waals surface area contributed by atoms with E-state index < -0.39 is 0 Å². The maximum Gasteiger partial charge on any atom is 0.193 e. The molecule has 7 heteroatoms. The van der Waals surface area contributed by atoms with Gasteiger partial charge in [-0.1, -0.05) is 30.3 Å². The van der Waals surface area contributed by atoms with Crippen LogP contribution in [0, 0.1) is 0 Å². The van der Waals surface area contributed by atoms with Crippen LogP contribution in [0.15, 0.2) is 53.5 Å². The van der Waals surface area contributed by atoms with Crippen LogP contribution in [-0.2, 0) is 17.8 Å². The number of methoxy groups -OCH3 is 1. The smallest absolute Gasteiger partial charge is 0.193 e. The number of hydrogen-bond donors (Lipinski definition) is 1. The van der Waals surface area contributed by atoms with Crippen molar-refractivity contribution in [3.63, 3.8) is 0 Å². The van der Waals surface area contributed by atoms with Gasteiger partial charge in [0.1, 0.15) is 18.1 Å². The van der Waals surface area contributed by atoms with Gasteiger partial charge in [0, 0.05) is 52.4 Å². The molecule has 168 valence electrons. The Morgan fingerprint density at radius 2 is 1.87 bits per heavy atom. The molecular formula is C24H34N4O3. The lowest BCUT2D eigenvalue weighted by Gasteiger charge is -2.26. The van der Waals surface area contributed by atoms with Crippen molar-refractivity contribution in [3.8, 4) is 11.5 Å². The minimum atomic E-state index is 0.646. The first-order chi connectivity index (χ1) is 15.2. The normalized spacial score (nSPS) is 14.9. The first kappa shape index (κ1) is 22.9. The first-order valence-corrected chi connectivity index (χ1v) is 10.7. The quantitative estimate of drug-likeness (QED) is 0.491. The van der Waals surface area contributed by atoms with Crippen LogP contribution < -0.4 is 14.8 Å². The van der Waals surface area contributed by atoms with Crippen LogP contribution in [-0.4, -0.2) is 76.4 Å². The Morgan fingerprint density at radius 1 is 1.13 bits per heavy atom. The number of morpholine rings is 1. The number of hydrogen-bond acceptors (Lipinski definition) is 5. The average molecular weight is 427 g/mol. The van der Waals surface area contributed by atoms with Crippen molar-refractivity contribution in [1.82, 2.24) is 15.1 Å². The van der Waals surface area contributed by atoms with E-state index >= 15 is 0 Å². The number of rotatable bonds is 9. The molecule has 2 aromatic carbocycles. The molecule has 7 nitrogen and oxygen atoms in total. The van der Waals surface area contributed by atoms with Crippen LogP contribution in [0.2, 0.25) is 0 Å². The fraction of sp³-hybridized carbons (Fsp3) is 0.458. The summed E-state index contributed by atoms with van der Waals surface area (Å²) >= 11 is 0. The molecule has 0 amide bonds. The van der Waals surface area contributed by atoms with Crippen molar-refractivity contribution in [3.05, 3.63) is 59.7 Å². The molecule has 0 bridgehead atoms. The summed E-state index contributed by atoms with van der Waals surface area (Å²) in [6.07, 6.45) is 0. The largest absolute Gasteiger partial charge is 0.497 e. The van der Waals surface area contributed by atoms with Crippen molar-refractivity contribution in [2.24, 2.45) is 4.99 Å². The zero-order valence-electron chi connectivity index (χ0n) is 18.8. The number of nitrogens with one attached hydrogen (secondary N) is 1. The molecule has 1 aliphatic rings. The number of para-hydroxylation sites is 1. The summed E-state index contributed by atoms with van der Waals surface area (Å²) in [5, 5.41) is 3.45. The third-order valence-corrected chi connectivity index (χ3v) is 5.33. The van der Waals surface area contributed by atoms with E-state index in [0.29, 0.717) is 13.2 Å². The van der Waals surface area contributed by atoms with Crippen LogP contribution in [0.5, 0.6) is 11.5 Å². The van der Waals surface area contributed by atoms with Gasteiger partial charge >= 0.3 is 0 Å². The lowest BCUT2D eigenvalue weighted by molar-refractivity contribution is 0.0322. The highest BCUT2D eigenvalue weighted by molar-refractivity contribution is 5.79. The van der Waals surface area contributed by atoms with Gasteiger partial charge in [0.2, 0.25) is 0 Å². The molecule has 2 aromatic rings. The van der Waals surface area contributed by atoms with E-state index in [1.807, 2.05) is 37.4 Å². The van der Waals surface area contributed by atoms with E-state index in [-0.39, 0.29) is 0 Å². The van der Waals surface area contributed by atoms with Gasteiger partial charge in [-0.2, -0.15) is 0 Å². The summed E-state index contributed by atoms with van der Waals surface area (Å²) in [6.45, 7) is 6.55. The van der Waals surface area contributed by atoms with Gasteiger partial charge in [0.05, 0.1) is 20.3 Å². The molecule has 0 radical (unpaired) electrons. The van der Waals surface area contributed by atoms with Crippen LogP contribution in [0.4, 0.5) is 0 Å². The molecule has 31 heavy (non-hydrogen) atoms. The SMILES string of the molecule is CN=C(NCc1ccccc1OCCN1CCOCC1)N(C)Cc1ccc(OC)cc1. The minimum Gasteiger partial charge on any atom is -0.497 e. The van der Waals surface area contributed by atoms with E-state index in [1.165, 1.54) is 5.56 Å². The van der Waals surface area contributed by atoms with E-state index in [9.17, 15) is 0 Å². The Bertz CT molecular complexity index is 820. The van der Waals surface area contributed by atoms with Crippen molar-refractivity contribution in [2.45, 2.75) is 13.1 Å². The molecule has 0 aliphatic carbocycles. The van der Waals surface area contributed by atoms with Crippen molar-refractivity contribution in [1.29, 1.82) is 0 Å². The number of nitrogens with zero attached hydrogens (tertiary/aromatic N) is 3. The fourth-order valence-corrected chi connectivity index (χ4v) is 3.54. The Hall–Kier alpha value is -2.77. The maximum atomic E-state index is 6.10. The van der Waals surface area contributed by atoms with E-state index in [1.54, 1.807) is 14.2 Å². The minimum absolute atomic E-state index is 0.646. The van der Waals surface area contributed by atoms with Gasteiger partial charge < -0.3 is 24.4 Å². The molecule has 0 unspecified atom stereocenters. The third kappa shape index (κ3) is 7.15. The predicted molar refractivity (Wildman–Crippen MR) is 124 cm³/mol. The van der Waals surface area contributed by atoms with E-state index in [4.69, 9.17) is 14.2 Å². The maximum absolute atomic E-state index is 6.10. The second kappa shape index (κ2) is 12.2. The molecule has 1 fully saturated rings. The molecule has 0 spiro atoms. The summed E-state index contributed by atoms with van der Waals surface area (Å²) < 4.78 is 16.7. The molecule has 1 N–H and O–H groups in total. The van der Waals surface area contributed by atoms with Gasteiger partial charge in [-0.15, -0.1) is 0 Å². The molecule has 0 saturated carbocycles. The highest BCUT2D eigenvalue weighted by Crippen LogP contribution is 2.18. The molecule has 1 aliphatic heterocycles. The first-order valence-electron chi connectivity index (χ1n) is 10.7. The molecule has 3 rings (SSSR count). The van der Waals surface area contributed by atoms with Crippen LogP contribution in [0.25, 0.3) is 0 Å². The number of aliphatic imine (C=N–C) groups is 1. The van der Waals surface area contributed by atoms with Crippen molar-refractivity contribution < 1.29 is 14.2 Å². The second-order valence-corrected chi connectivity index (χ2v) is 7.52. The molecular weight excluding hydrogens is 392 g/mol. The molecule has 0 aromatic heterocycles. The topological polar surface area (TPSA) is 58.6 Å². The predicted octanol–water partition coefficient (Wildman–Crippen LogP) is 2.61. The van der Waals surface area contributed by atoms with Gasteiger partial charge in [-0.3, -0.25) is 9.89 Å². The van der Waals surface area contributed by atoms with Gasteiger partial charge in [0.25, 0.3) is 0 Å². The summed E-state index contributed by atoms with van der Waals surface area (Å²) in [6, 6.07) is 16.3.